The Morgan fingerprint density at radius 3 is 2.62 bits per heavy atom. The van der Waals surface area contributed by atoms with Crippen LogP contribution in [-0.4, -0.2) is 21.9 Å². The SMILES string of the molecule is Cc1ccc(Nc2cc(C(=O)NC3CCCC3)nc(C)n2)c(Br)c1. The maximum atomic E-state index is 12.4. The maximum Gasteiger partial charge on any atom is 0.270 e. The number of carbonyl (C=O) groups is 1. The number of halogens is 1. The largest absolute Gasteiger partial charge is 0.348 e. The van der Waals surface area contributed by atoms with Crippen LogP contribution in [0.25, 0.3) is 0 Å². The molecule has 1 saturated carbocycles. The van der Waals surface area contributed by atoms with E-state index in [1.165, 1.54) is 18.4 Å². The Balaban J connectivity index is 1.79. The zero-order chi connectivity index (χ0) is 17.1. The molecule has 0 aliphatic heterocycles. The Morgan fingerprint density at radius 2 is 1.92 bits per heavy atom. The van der Waals surface area contributed by atoms with E-state index in [-0.39, 0.29) is 11.9 Å². The number of rotatable bonds is 4. The predicted molar refractivity (Wildman–Crippen MR) is 98.7 cm³/mol. The fraction of sp³-hybridized carbons (Fsp3) is 0.389. The number of amides is 1. The summed E-state index contributed by atoms with van der Waals surface area (Å²) in [6, 6.07) is 8.01. The van der Waals surface area contributed by atoms with Crippen LogP contribution in [-0.2, 0) is 0 Å². The molecule has 126 valence electrons. The minimum atomic E-state index is -0.126. The van der Waals surface area contributed by atoms with Gasteiger partial charge in [-0.25, -0.2) is 9.97 Å². The first kappa shape index (κ1) is 16.9. The van der Waals surface area contributed by atoms with Gasteiger partial charge in [-0.3, -0.25) is 4.79 Å². The Kier molecular flexibility index (Phi) is 5.14. The molecule has 2 N–H and O–H groups in total. The number of nitrogens with zero attached hydrogens (tertiary/aromatic N) is 2. The van der Waals surface area contributed by atoms with Gasteiger partial charge < -0.3 is 10.6 Å². The summed E-state index contributed by atoms with van der Waals surface area (Å²) < 4.78 is 0.954. The molecule has 0 spiro atoms. The molecule has 3 rings (SSSR count). The number of aromatic nitrogens is 2. The van der Waals surface area contributed by atoms with Crippen molar-refractivity contribution >= 4 is 33.3 Å². The maximum absolute atomic E-state index is 12.4. The number of hydrogen-bond donors (Lipinski definition) is 2. The van der Waals surface area contributed by atoms with E-state index in [0.717, 1.165) is 23.0 Å². The summed E-state index contributed by atoms with van der Waals surface area (Å²) in [7, 11) is 0. The lowest BCUT2D eigenvalue weighted by Gasteiger charge is -2.13. The number of anilines is 2. The van der Waals surface area contributed by atoms with E-state index < -0.39 is 0 Å². The van der Waals surface area contributed by atoms with E-state index >= 15 is 0 Å². The molecule has 0 atom stereocenters. The lowest BCUT2D eigenvalue weighted by atomic mass is 10.2. The van der Waals surface area contributed by atoms with Crippen molar-refractivity contribution in [3.8, 4) is 0 Å². The Morgan fingerprint density at radius 1 is 1.17 bits per heavy atom. The minimum Gasteiger partial charge on any atom is -0.348 e. The highest BCUT2D eigenvalue weighted by Gasteiger charge is 2.19. The van der Waals surface area contributed by atoms with Gasteiger partial charge in [-0.05, 0) is 60.3 Å². The molecule has 1 heterocycles. The van der Waals surface area contributed by atoms with Gasteiger partial charge in [0.1, 0.15) is 17.3 Å². The molecule has 1 aromatic heterocycles. The fourth-order valence-electron chi connectivity index (χ4n) is 2.94. The molecular weight excluding hydrogens is 368 g/mol. The number of carbonyl (C=O) groups excluding carboxylic acids is 1. The van der Waals surface area contributed by atoms with Gasteiger partial charge in [-0.1, -0.05) is 18.9 Å². The summed E-state index contributed by atoms with van der Waals surface area (Å²) in [5.41, 5.74) is 2.48. The first-order valence-corrected chi connectivity index (χ1v) is 9.00. The van der Waals surface area contributed by atoms with Gasteiger partial charge in [0.25, 0.3) is 5.91 Å². The third kappa shape index (κ3) is 4.12. The number of aryl methyl sites for hydroxylation is 2. The van der Waals surface area contributed by atoms with E-state index in [4.69, 9.17) is 0 Å². The highest BCUT2D eigenvalue weighted by Crippen LogP contribution is 2.26. The quantitative estimate of drug-likeness (QED) is 0.820. The van der Waals surface area contributed by atoms with Crippen LogP contribution in [0.5, 0.6) is 0 Å². The van der Waals surface area contributed by atoms with E-state index in [2.05, 4.69) is 36.5 Å². The average Bonchev–Trinajstić information content (AvgIpc) is 3.02. The number of benzene rings is 1. The molecule has 0 unspecified atom stereocenters. The standard InChI is InChI=1S/C18H21BrN4O/c1-11-7-8-15(14(19)9-11)23-17-10-16(20-12(2)21-17)18(24)22-13-5-3-4-6-13/h7-10,13H,3-6H2,1-2H3,(H,22,24)(H,20,21,23). The Hall–Kier alpha value is -1.95. The van der Waals surface area contributed by atoms with Crippen molar-refractivity contribution in [2.24, 2.45) is 0 Å². The van der Waals surface area contributed by atoms with Crippen molar-refractivity contribution in [1.29, 1.82) is 0 Å². The summed E-state index contributed by atoms with van der Waals surface area (Å²) in [4.78, 5) is 21.1. The van der Waals surface area contributed by atoms with Crippen molar-refractivity contribution in [3.63, 3.8) is 0 Å². The highest BCUT2D eigenvalue weighted by molar-refractivity contribution is 9.10. The van der Waals surface area contributed by atoms with Crippen LogP contribution in [0.2, 0.25) is 0 Å². The van der Waals surface area contributed by atoms with Crippen LogP contribution in [0, 0.1) is 13.8 Å². The van der Waals surface area contributed by atoms with Crippen molar-refractivity contribution in [2.75, 3.05) is 5.32 Å². The normalized spacial score (nSPS) is 14.6. The van der Waals surface area contributed by atoms with Crippen LogP contribution >= 0.6 is 15.9 Å². The third-order valence-electron chi connectivity index (χ3n) is 4.15. The van der Waals surface area contributed by atoms with Crippen molar-refractivity contribution in [3.05, 3.63) is 45.8 Å². The monoisotopic (exact) mass is 388 g/mol. The summed E-state index contributed by atoms with van der Waals surface area (Å²) >= 11 is 3.54. The lowest BCUT2D eigenvalue weighted by Crippen LogP contribution is -2.33. The summed E-state index contributed by atoms with van der Waals surface area (Å²) in [6.45, 7) is 3.83. The van der Waals surface area contributed by atoms with Crippen LogP contribution < -0.4 is 10.6 Å². The molecule has 6 heteroatoms. The zero-order valence-corrected chi connectivity index (χ0v) is 15.5. The Bertz CT molecular complexity index is 757. The third-order valence-corrected chi connectivity index (χ3v) is 4.80. The van der Waals surface area contributed by atoms with E-state index in [1.807, 2.05) is 25.1 Å². The van der Waals surface area contributed by atoms with Crippen LogP contribution in [0.1, 0.15) is 47.6 Å². The molecule has 0 saturated heterocycles. The van der Waals surface area contributed by atoms with Gasteiger partial charge in [0.15, 0.2) is 0 Å². The van der Waals surface area contributed by atoms with Gasteiger partial charge in [0, 0.05) is 16.6 Å². The zero-order valence-electron chi connectivity index (χ0n) is 13.9. The van der Waals surface area contributed by atoms with E-state index in [1.54, 1.807) is 13.0 Å². The second-order valence-corrected chi connectivity index (χ2v) is 7.10. The summed E-state index contributed by atoms with van der Waals surface area (Å²) in [6.07, 6.45) is 4.47. The van der Waals surface area contributed by atoms with E-state index in [9.17, 15) is 4.79 Å². The summed E-state index contributed by atoms with van der Waals surface area (Å²) in [5.74, 6) is 1.06. The van der Waals surface area contributed by atoms with Crippen LogP contribution in [0.3, 0.4) is 0 Å². The molecular formula is C18H21BrN4O. The average molecular weight is 389 g/mol. The van der Waals surface area contributed by atoms with Gasteiger partial charge in [0.2, 0.25) is 0 Å². The number of hydrogen-bond acceptors (Lipinski definition) is 4. The molecule has 1 fully saturated rings. The molecule has 5 nitrogen and oxygen atoms in total. The van der Waals surface area contributed by atoms with Gasteiger partial charge in [-0.2, -0.15) is 0 Å². The first-order valence-electron chi connectivity index (χ1n) is 8.21. The molecule has 0 radical (unpaired) electrons. The molecule has 1 aliphatic carbocycles. The van der Waals surface area contributed by atoms with Crippen LogP contribution in [0.15, 0.2) is 28.7 Å². The van der Waals surface area contributed by atoms with Crippen molar-refractivity contribution in [2.45, 2.75) is 45.6 Å². The van der Waals surface area contributed by atoms with Gasteiger partial charge in [-0.15, -0.1) is 0 Å². The predicted octanol–water partition coefficient (Wildman–Crippen LogP) is 4.27. The lowest BCUT2D eigenvalue weighted by molar-refractivity contribution is 0.0932. The van der Waals surface area contributed by atoms with Crippen molar-refractivity contribution in [1.82, 2.24) is 15.3 Å². The molecule has 2 aromatic rings. The second kappa shape index (κ2) is 7.30. The number of nitrogens with one attached hydrogen (secondary N) is 2. The topological polar surface area (TPSA) is 66.9 Å². The smallest absolute Gasteiger partial charge is 0.270 e. The highest BCUT2D eigenvalue weighted by atomic mass is 79.9. The molecule has 1 aliphatic rings. The first-order chi connectivity index (χ1) is 11.5. The van der Waals surface area contributed by atoms with Crippen LogP contribution in [0.4, 0.5) is 11.5 Å². The Labute approximate surface area is 150 Å². The van der Waals surface area contributed by atoms with Gasteiger partial charge in [0.05, 0.1) is 5.69 Å². The molecule has 0 bridgehead atoms. The van der Waals surface area contributed by atoms with Gasteiger partial charge >= 0.3 is 0 Å². The molecule has 24 heavy (non-hydrogen) atoms. The molecule has 1 aromatic carbocycles. The van der Waals surface area contributed by atoms with Crippen molar-refractivity contribution < 1.29 is 4.79 Å². The second-order valence-electron chi connectivity index (χ2n) is 6.25. The minimum absolute atomic E-state index is 0.126. The fourth-order valence-corrected chi connectivity index (χ4v) is 3.53. The summed E-state index contributed by atoms with van der Waals surface area (Å²) in [5, 5.41) is 6.32. The molecule has 1 amide bonds. The van der Waals surface area contributed by atoms with E-state index in [0.29, 0.717) is 17.3 Å².